The third-order valence-corrected chi connectivity index (χ3v) is 6.84. The maximum absolute atomic E-state index is 13.3. The van der Waals surface area contributed by atoms with E-state index in [1.807, 2.05) is 0 Å². The van der Waals surface area contributed by atoms with Crippen LogP contribution in [-0.2, 0) is 21.0 Å². The van der Waals surface area contributed by atoms with E-state index in [1.54, 1.807) is 52.1 Å². The molecule has 0 aromatic heterocycles. The first kappa shape index (κ1) is 23.6. The lowest BCUT2D eigenvalue weighted by Crippen LogP contribution is -2.45. The normalized spacial score (nSPS) is 15.8. The number of hydrogen-bond acceptors (Lipinski definition) is 6. The van der Waals surface area contributed by atoms with Crippen molar-refractivity contribution >= 4 is 21.8 Å². The number of sulfone groups is 1. The molecule has 172 valence electrons. The molecule has 0 saturated carbocycles. The fraction of sp³-hybridized carbons (Fsp3) is 0.391. The zero-order chi connectivity index (χ0) is 23.7. The summed E-state index contributed by atoms with van der Waals surface area (Å²) < 4.78 is 38.1. The van der Waals surface area contributed by atoms with Crippen LogP contribution in [0.25, 0.3) is 0 Å². The number of carbonyl (C=O) groups excluding carboxylic acids is 2. The molecule has 2 aromatic carbocycles. The molecule has 1 aliphatic rings. The predicted molar refractivity (Wildman–Crippen MR) is 118 cm³/mol. The number of rotatable bonds is 4. The van der Waals surface area contributed by atoms with Gasteiger partial charge in [-0.3, -0.25) is 9.69 Å². The van der Waals surface area contributed by atoms with E-state index in [9.17, 15) is 18.0 Å². The number of amides is 2. The van der Waals surface area contributed by atoms with Crippen LogP contribution in [0.4, 0.5) is 4.79 Å². The first-order valence-electron chi connectivity index (χ1n) is 10.3. The summed E-state index contributed by atoms with van der Waals surface area (Å²) >= 11 is 0. The molecule has 1 aliphatic heterocycles. The van der Waals surface area contributed by atoms with Gasteiger partial charge < -0.3 is 14.8 Å². The van der Waals surface area contributed by atoms with Gasteiger partial charge >= 0.3 is 6.09 Å². The van der Waals surface area contributed by atoms with Crippen LogP contribution in [0.15, 0.2) is 52.3 Å². The number of benzene rings is 2. The van der Waals surface area contributed by atoms with Gasteiger partial charge in [0.1, 0.15) is 16.9 Å². The lowest BCUT2D eigenvalue weighted by Gasteiger charge is -2.35. The first-order chi connectivity index (χ1) is 15.0. The number of fused-ring (bicyclic) bond motifs is 1. The van der Waals surface area contributed by atoms with Gasteiger partial charge in [0.05, 0.1) is 9.79 Å². The highest BCUT2D eigenvalue weighted by atomic mass is 32.2. The average Bonchev–Trinajstić information content (AvgIpc) is 2.76. The van der Waals surface area contributed by atoms with E-state index in [-0.39, 0.29) is 21.1 Å². The summed E-state index contributed by atoms with van der Waals surface area (Å²) in [6, 6.07) is 11.0. The van der Waals surface area contributed by atoms with Crippen molar-refractivity contribution in [3.05, 3.63) is 53.6 Å². The van der Waals surface area contributed by atoms with E-state index < -0.39 is 33.7 Å². The van der Waals surface area contributed by atoms with Crippen molar-refractivity contribution < 1.29 is 27.5 Å². The van der Waals surface area contributed by atoms with Crippen molar-refractivity contribution in [2.45, 2.75) is 55.2 Å². The number of ether oxygens (including phenoxy) is 2. The van der Waals surface area contributed by atoms with Crippen molar-refractivity contribution in [1.82, 2.24) is 10.2 Å². The van der Waals surface area contributed by atoms with Gasteiger partial charge in [0.15, 0.2) is 6.23 Å². The molecular formula is C23H28N2O6S. The Bertz CT molecular complexity index is 1120. The monoisotopic (exact) mass is 460 g/mol. The summed E-state index contributed by atoms with van der Waals surface area (Å²) in [6.07, 6.45) is -0.306. The minimum absolute atomic E-state index is 0.0725. The molecule has 0 fully saturated rings. The topological polar surface area (TPSA) is 102 Å². The van der Waals surface area contributed by atoms with E-state index in [1.165, 1.54) is 30.1 Å². The van der Waals surface area contributed by atoms with Crippen molar-refractivity contribution in [2.75, 3.05) is 14.1 Å². The summed E-state index contributed by atoms with van der Waals surface area (Å²) in [4.78, 5) is 26.6. The standard InChI is InChI=1S/C23H28N2O6S/c1-23(2,3)31-22(27)25(5)18-14-12-15-11-13-17(19(20(15)30-18)21(26)24-4)32(28,29)16-9-7-6-8-10-16/h6-11,13,18H,12,14H2,1-5H3,(H,24,26). The maximum atomic E-state index is 13.3. The maximum Gasteiger partial charge on any atom is 0.412 e. The fourth-order valence-electron chi connectivity index (χ4n) is 3.43. The Kier molecular flexibility index (Phi) is 6.50. The second-order valence-corrected chi connectivity index (χ2v) is 10.4. The lowest BCUT2D eigenvalue weighted by atomic mass is 10.0. The summed E-state index contributed by atoms with van der Waals surface area (Å²) in [7, 11) is -1.01. The first-order valence-corrected chi connectivity index (χ1v) is 11.7. The van der Waals surface area contributed by atoms with Crippen LogP contribution in [0, 0.1) is 0 Å². The molecule has 0 aliphatic carbocycles. The quantitative estimate of drug-likeness (QED) is 0.750. The molecule has 1 unspecified atom stereocenters. The molecule has 9 heteroatoms. The van der Waals surface area contributed by atoms with E-state index >= 15 is 0 Å². The van der Waals surface area contributed by atoms with Crippen LogP contribution in [0.3, 0.4) is 0 Å². The Morgan fingerprint density at radius 1 is 1.12 bits per heavy atom. The van der Waals surface area contributed by atoms with Gasteiger partial charge in [-0.25, -0.2) is 13.2 Å². The van der Waals surface area contributed by atoms with Crippen molar-refractivity contribution in [3.8, 4) is 5.75 Å². The summed E-state index contributed by atoms with van der Waals surface area (Å²) in [5.74, 6) is -0.426. The van der Waals surface area contributed by atoms with E-state index in [0.29, 0.717) is 18.4 Å². The average molecular weight is 461 g/mol. The van der Waals surface area contributed by atoms with E-state index in [2.05, 4.69) is 5.32 Å². The zero-order valence-electron chi connectivity index (χ0n) is 18.8. The molecule has 1 atom stereocenters. The van der Waals surface area contributed by atoms with E-state index in [0.717, 1.165) is 0 Å². The summed E-state index contributed by atoms with van der Waals surface area (Å²) in [5.41, 5.74) is -0.0529. The smallest absolute Gasteiger partial charge is 0.412 e. The fourth-order valence-corrected chi connectivity index (χ4v) is 4.90. The second-order valence-electron chi connectivity index (χ2n) is 8.52. The Morgan fingerprint density at radius 3 is 2.38 bits per heavy atom. The number of nitrogens with one attached hydrogen (secondary N) is 1. The minimum atomic E-state index is -3.98. The highest BCUT2D eigenvalue weighted by Crippen LogP contribution is 2.38. The molecule has 2 aromatic rings. The van der Waals surface area contributed by atoms with Crippen molar-refractivity contribution in [2.24, 2.45) is 0 Å². The third-order valence-electron chi connectivity index (χ3n) is 5.03. The Hall–Kier alpha value is -3.07. The molecule has 32 heavy (non-hydrogen) atoms. The highest BCUT2D eigenvalue weighted by molar-refractivity contribution is 7.91. The highest BCUT2D eigenvalue weighted by Gasteiger charge is 2.35. The Morgan fingerprint density at radius 2 is 1.78 bits per heavy atom. The molecule has 2 amide bonds. The van der Waals surface area contributed by atoms with Crippen LogP contribution in [0.2, 0.25) is 0 Å². The molecule has 0 saturated heterocycles. The van der Waals surface area contributed by atoms with E-state index in [4.69, 9.17) is 9.47 Å². The molecule has 1 N–H and O–H groups in total. The van der Waals surface area contributed by atoms with Crippen LogP contribution in [-0.4, -0.2) is 51.2 Å². The van der Waals surface area contributed by atoms with Gasteiger partial charge in [-0.2, -0.15) is 0 Å². The van der Waals surface area contributed by atoms with Gasteiger partial charge in [0, 0.05) is 20.5 Å². The van der Waals surface area contributed by atoms with Gasteiger partial charge in [-0.05, 0) is 51.0 Å². The minimum Gasteiger partial charge on any atom is -0.469 e. The third kappa shape index (κ3) is 4.72. The van der Waals surface area contributed by atoms with Gasteiger partial charge in [0.2, 0.25) is 9.84 Å². The summed E-state index contributed by atoms with van der Waals surface area (Å²) in [5, 5.41) is 2.50. The Balaban J connectivity index is 2.05. The number of nitrogens with zero attached hydrogens (tertiary/aromatic N) is 1. The SMILES string of the molecule is CNC(=O)c1c(S(=O)(=O)c2ccccc2)ccc2c1OC(N(C)C(=O)OC(C)(C)C)CC2. The predicted octanol–water partition coefficient (Wildman–Crippen LogP) is 3.40. The molecule has 3 rings (SSSR count). The van der Waals surface area contributed by atoms with Crippen LogP contribution in [0.1, 0.15) is 43.1 Å². The molecule has 0 spiro atoms. The molecular weight excluding hydrogens is 432 g/mol. The molecule has 0 radical (unpaired) electrons. The van der Waals surface area contributed by atoms with Gasteiger partial charge in [0.25, 0.3) is 5.91 Å². The second kappa shape index (κ2) is 8.82. The lowest BCUT2D eigenvalue weighted by molar-refractivity contribution is -0.0170. The van der Waals surface area contributed by atoms with Gasteiger partial charge in [-0.1, -0.05) is 24.3 Å². The summed E-state index contributed by atoms with van der Waals surface area (Å²) in [6.45, 7) is 5.29. The Labute approximate surface area is 188 Å². The molecule has 1 heterocycles. The number of carbonyl (C=O) groups is 2. The number of aryl methyl sites for hydroxylation is 1. The number of hydrogen-bond donors (Lipinski definition) is 1. The molecule has 0 bridgehead atoms. The van der Waals surface area contributed by atoms with Crippen molar-refractivity contribution in [1.29, 1.82) is 0 Å². The van der Waals surface area contributed by atoms with Crippen LogP contribution in [0.5, 0.6) is 5.75 Å². The van der Waals surface area contributed by atoms with Crippen LogP contribution >= 0.6 is 0 Å². The van der Waals surface area contributed by atoms with Gasteiger partial charge in [-0.15, -0.1) is 0 Å². The molecule has 8 nitrogen and oxygen atoms in total. The van der Waals surface area contributed by atoms with Crippen molar-refractivity contribution in [3.63, 3.8) is 0 Å². The zero-order valence-corrected chi connectivity index (χ0v) is 19.7. The largest absolute Gasteiger partial charge is 0.469 e. The van der Waals surface area contributed by atoms with Crippen LogP contribution < -0.4 is 10.1 Å².